The molecule has 2 amide bonds. The van der Waals surface area contributed by atoms with E-state index in [1.165, 1.54) is 6.20 Å². The second kappa shape index (κ2) is 11.9. The van der Waals surface area contributed by atoms with Crippen LogP contribution in [0.3, 0.4) is 0 Å². The highest BCUT2D eigenvalue weighted by Crippen LogP contribution is 2.44. The van der Waals surface area contributed by atoms with Crippen LogP contribution in [-0.2, 0) is 20.7 Å². The quantitative estimate of drug-likeness (QED) is 0.388. The SMILES string of the molecule is CCN1C(=O)[C@H](N2CCOCC2)CCc2c1ccc(Nc1ncc(Cl)c(N[C@H]3[C@@H](OC(N)=O)[C@@H]4C=C[C@H]3C4)n1)c2OC. The molecule has 1 aromatic heterocycles. The van der Waals surface area contributed by atoms with Crippen molar-refractivity contribution in [3.8, 4) is 5.75 Å². The summed E-state index contributed by atoms with van der Waals surface area (Å²) in [5, 5.41) is 6.99. The normalized spacial score (nSPS) is 27.0. The van der Waals surface area contributed by atoms with E-state index in [1.54, 1.807) is 7.11 Å². The highest BCUT2D eigenvalue weighted by atomic mass is 35.5. The monoisotopic (exact) mass is 597 g/mol. The van der Waals surface area contributed by atoms with E-state index in [9.17, 15) is 9.59 Å². The molecule has 2 aliphatic carbocycles. The average molecular weight is 598 g/mol. The number of hydrogen-bond donors (Lipinski definition) is 3. The first kappa shape index (κ1) is 28.5. The standard InChI is InChI=1S/C29H36ClN7O5/c1-3-37-21-9-7-20(25(40-2)18(21)6-8-22(27(37)38)36-10-12-41-13-11-36)33-29-32-15-19(30)26(35-29)34-23-16-4-5-17(14-16)24(23)42-28(31)39/h4-5,7,9,15-17,22-24H,3,6,8,10-14H2,1-2H3,(H2,31,39)(H2,32,33,34,35)/t16-,17+,22+,23+,24-/m0/s1. The van der Waals surface area contributed by atoms with E-state index in [2.05, 4.69) is 37.7 Å². The number of morpholine rings is 1. The first-order valence-corrected chi connectivity index (χ1v) is 14.8. The van der Waals surface area contributed by atoms with E-state index < -0.39 is 12.2 Å². The zero-order chi connectivity index (χ0) is 29.4. The largest absolute Gasteiger partial charge is 0.494 e. The lowest BCUT2D eigenvalue weighted by Gasteiger charge is -2.35. The van der Waals surface area contributed by atoms with Gasteiger partial charge in [-0.05, 0) is 38.3 Å². The summed E-state index contributed by atoms with van der Waals surface area (Å²) in [5.41, 5.74) is 7.83. The molecule has 0 spiro atoms. The van der Waals surface area contributed by atoms with Crippen LogP contribution >= 0.6 is 11.6 Å². The van der Waals surface area contributed by atoms with Crippen LogP contribution in [0.2, 0.25) is 5.02 Å². The van der Waals surface area contributed by atoms with Gasteiger partial charge in [-0.3, -0.25) is 9.69 Å². The van der Waals surface area contributed by atoms with Gasteiger partial charge in [0.1, 0.15) is 16.9 Å². The number of benzene rings is 1. The number of primary amides is 1. The molecule has 2 fully saturated rings. The van der Waals surface area contributed by atoms with Gasteiger partial charge in [-0.25, -0.2) is 9.78 Å². The van der Waals surface area contributed by atoms with Gasteiger partial charge in [0.2, 0.25) is 11.9 Å². The van der Waals surface area contributed by atoms with Gasteiger partial charge in [0.15, 0.2) is 5.82 Å². The number of carbonyl (C=O) groups is 2. The number of nitrogens with two attached hydrogens (primary N) is 1. The number of nitrogens with zero attached hydrogens (tertiary/aromatic N) is 4. The second-order valence-electron chi connectivity index (χ2n) is 11.0. The molecular formula is C29H36ClN7O5. The Hall–Kier alpha value is -3.61. The summed E-state index contributed by atoms with van der Waals surface area (Å²) in [4.78, 5) is 38.3. The predicted octanol–water partition coefficient (Wildman–Crippen LogP) is 3.33. The summed E-state index contributed by atoms with van der Waals surface area (Å²) >= 11 is 6.49. The van der Waals surface area contributed by atoms with Gasteiger partial charge in [0, 0.05) is 37.0 Å². The van der Waals surface area contributed by atoms with Gasteiger partial charge >= 0.3 is 6.09 Å². The molecule has 1 aromatic carbocycles. The third-order valence-corrected chi connectivity index (χ3v) is 8.96. The van der Waals surface area contributed by atoms with Crippen molar-refractivity contribution >= 4 is 46.7 Å². The molecule has 5 atom stereocenters. The third kappa shape index (κ3) is 5.34. The summed E-state index contributed by atoms with van der Waals surface area (Å²) in [6.07, 6.45) is 6.70. The fourth-order valence-electron chi connectivity index (χ4n) is 6.77. The molecule has 13 heteroatoms. The van der Waals surface area contributed by atoms with Crippen LogP contribution in [0.25, 0.3) is 0 Å². The predicted molar refractivity (Wildman–Crippen MR) is 158 cm³/mol. The van der Waals surface area contributed by atoms with Gasteiger partial charge in [0.25, 0.3) is 0 Å². The van der Waals surface area contributed by atoms with E-state index in [4.69, 9.17) is 31.5 Å². The lowest BCUT2D eigenvalue weighted by atomic mass is 9.98. The number of fused-ring (bicyclic) bond motifs is 3. The van der Waals surface area contributed by atoms with Crippen molar-refractivity contribution in [2.45, 2.75) is 44.4 Å². The molecule has 2 aromatic rings. The first-order chi connectivity index (χ1) is 20.4. The Kier molecular flexibility index (Phi) is 8.11. The van der Waals surface area contributed by atoms with E-state index in [0.717, 1.165) is 30.8 Å². The molecule has 42 heavy (non-hydrogen) atoms. The topological polar surface area (TPSA) is 144 Å². The number of methoxy groups -OCH3 is 1. The van der Waals surface area contributed by atoms with Gasteiger partial charge in [-0.2, -0.15) is 4.98 Å². The maximum Gasteiger partial charge on any atom is 0.404 e. The van der Waals surface area contributed by atoms with Crippen molar-refractivity contribution < 1.29 is 23.8 Å². The zero-order valence-electron chi connectivity index (χ0n) is 23.7. The van der Waals surface area contributed by atoms with Crippen LogP contribution in [0.1, 0.15) is 25.3 Å². The van der Waals surface area contributed by atoms with Crippen LogP contribution in [0.5, 0.6) is 5.75 Å². The minimum absolute atomic E-state index is 0.0967. The number of likely N-dealkylation sites (N-methyl/N-ethyl adjacent to an activating group) is 1. The molecule has 4 aliphatic rings. The second-order valence-corrected chi connectivity index (χ2v) is 11.4. The van der Waals surface area contributed by atoms with Gasteiger partial charge in [-0.15, -0.1) is 0 Å². The zero-order valence-corrected chi connectivity index (χ0v) is 24.5. The van der Waals surface area contributed by atoms with E-state index in [0.29, 0.717) is 60.8 Å². The molecule has 12 nitrogen and oxygen atoms in total. The molecule has 224 valence electrons. The van der Waals surface area contributed by atoms with Gasteiger partial charge < -0.3 is 35.5 Å². The number of aromatic nitrogens is 2. The Balaban J connectivity index is 1.25. The number of ether oxygens (including phenoxy) is 3. The van der Waals surface area contributed by atoms with E-state index in [-0.39, 0.29) is 29.8 Å². The average Bonchev–Trinajstić information content (AvgIpc) is 3.55. The molecule has 1 saturated heterocycles. The van der Waals surface area contributed by atoms with Crippen LogP contribution in [0.4, 0.5) is 27.9 Å². The molecule has 0 radical (unpaired) electrons. The highest BCUT2D eigenvalue weighted by Gasteiger charge is 2.47. The Morgan fingerprint density at radius 1 is 1.24 bits per heavy atom. The summed E-state index contributed by atoms with van der Waals surface area (Å²) in [6.45, 7) is 5.30. The van der Waals surface area contributed by atoms with Crippen molar-refractivity contribution in [3.63, 3.8) is 0 Å². The van der Waals surface area contributed by atoms with Crippen LogP contribution in [-0.4, -0.2) is 85.0 Å². The number of amides is 2. The lowest BCUT2D eigenvalue weighted by Crippen LogP contribution is -2.51. The van der Waals surface area contributed by atoms with Crippen molar-refractivity contribution in [1.82, 2.24) is 14.9 Å². The number of anilines is 4. The van der Waals surface area contributed by atoms with Gasteiger partial charge in [-0.1, -0.05) is 23.8 Å². The fourth-order valence-corrected chi connectivity index (χ4v) is 6.91. The van der Waals surface area contributed by atoms with Crippen LogP contribution in [0.15, 0.2) is 30.5 Å². The van der Waals surface area contributed by atoms with E-state index >= 15 is 0 Å². The summed E-state index contributed by atoms with van der Waals surface area (Å²) < 4.78 is 16.9. The molecule has 2 bridgehead atoms. The number of carbonyl (C=O) groups excluding carboxylic acids is 2. The summed E-state index contributed by atoms with van der Waals surface area (Å²) in [7, 11) is 1.63. The third-order valence-electron chi connectivity index (χ3n) is 8.69. The highest BCUT2D eigenvalue weighted by molar-refractivity contribution is 6.32. The fraction of sp³-hybridized carbons (Fsp3) is 0.517. The minimum Gasteiger partial charge on any atom is -0.494 e. The Morgan fingerprint density at radius 3 is 2.76 bits per heavy atom. The Morgan fingerprint density at radius 2 is 2.02 bits per heavy atom. The number of hydrogen-bond acceptors (Lipinski definition) is 10. The van der Waals surface area contributed by atoms with Crippen molar-refractivity contribution in [2.24, 2.45) is 17.6 Å². The summed E-state index contributed by atoms with van der Waals surface area (Å²) in [6, 6.07) is 3.40. The Labute approximate surface area is 249 Å². The molecule has 4 N–H and O–H groups in total. The Bertz CT molecular complexity index is 1380. The molecule has 6 rings (SSSR count). The first-order valence-electron chi connectivity index (χ1n) is 14.4. The van der Waals surface area contributed by atoms with Gasteiger partial charge in [0.05, 0.1) is 50.0 Å². The van der Waals surface area contributed by atoms with Crippen molar-refractivity contribution in [3.05, 3.63) is 41.1 Å². The molecule has 3 heterocycles. The molecule has 2 aliphatic heterocycles. The maximum atomic E-state index is 13.7. The van der Waals surface area contributed by atoms with Crippen molar-refractivity contribution in [2.75, 3.05) is 55.5 Å². The smallest absolute Gasteiger partial charge is 0.404 e. The van der Waals surface area contributed by atoms with Crippen LogP contribution < -0.4 is 26.0 Å². The van der Waals surface area contributed by atoms with E-state index in [1.807, 2.05) is 24.0 Å². The van der Waals surface area contributed by atoms with Crippen LogP contribution in [0, 0.1) is 11.8 Å². The number of nitrogens with one attached hydrogen (secondary N) is 2. The molecular weight excluding hydrogens is 562 g/mol. The minimum atomic E-state index is -0.807. The number of halogens is 1. The molecule has 1 saturated carbocycles. The molecule has 0 unspecified atom stereocenters. The summed E-state index contributed by atoms with van der Waals surface area (Å²) in [5.74, 6) is 1.74. The lowest BCUT2D eigenvalue weighted by molar-refractivity contribution is -0.125. The maximum absolute atomic E-state index is 13.7. The van der Waals surface area contributed by atoms with Crippen molar-refractivity contribution in [1.29, 1.82) is 0 Å². The number of rotatable bonds is 8.